The van der Waals surface area contributed by atoms with Crippen molar-refractivity contribution in [1.82, 2.24) is 0 Å². The average molecular weight is 1260 g/mol. The Morgan fingerprint density at radius 3 is 0.733 bits per heavy atom. The number of allylic oxidation sites excluding steroid dienone is 10. The maximum atomic E-state index is 12.4. The van der Waals surface area contributed by atoms with Gasteiger partial charge >= 0.3 is 11.9 Å². The summed E-state index contributed by atoms with van der Waals surface area (Å²) in [5, 5.41) is 9.73. The van der Waals surface area contributed by atoms with Crippen molar-refractivity contribution in [2.45, 2.75) is 457 Å². The Morgan fingerprint density at radius 2 is 0.478 bits per heavy atom. The number of rotatable bonds is 77. The smallest absolute Gasteiger partial charge is 0.306 e. The summed E-state index contributed by atoms with van der Waals surface area (Å²) in [5.74, 6) is -0.563. The van der Waals surface area contributed by atoms with Crippen LogP contribution in [-0.4, -0.2) is 36.4 Å². The number of ether oxygens (including phenoxy) is 2. The van der Waals surface area contributed by atoms with Crippen LogP contribution in [0.3, 0.4) is 0 Å². The van der Waals surface area contributed by atoms with Gasteiger partial charge < -0.3 is 14.6 Å². The predicted molar refractivity (Wildman–Crippen MR) is 399 cm³/mol. The number of carbonyl (C=O) groups is 2. The first-order valence-corrected chi connectivity index (χ1v) is 40.8. The molecule has 1 atom stereocenters. The van der Waals surface area contributed by atoms with Crippen molar-refractivity contribution in [1.29, 1.82) is 0 Å². The zero-order valence-corrected chi connectivity index (χ0v) is 60.9. The number of hydrogen-bond acceptors (Lipinski definition) is 5. The third-order valence-electron chi connectivity index (χ3n) is 18.8. The summed E-state index contributed by atoms with van der Waals surface area (Å²) in [4.78, 5) is 24.7. The van der Waals surface area contributed by atoms with E-state index in [-0.39, 0.29) is 25.2 Å². The highest BCUT2D eigenvalue weighted by atomic mass is 16.6. The zero-order valence-electron chi connectivity index (χ0n) is 60.9. The van der Waals surface area contributed by atoms with E-state index in [2.05, 4.69) is 74.6 Å². The molecule has 0 aliphatic heterocycles. The van der Waals surface area contributed by atoms with Gasteiger partial charge in [-0.05, 0) is 77.0 Å². The maximum absolute atomic E-state index is 12.4. The van der Waals surface area contributed by atoms with Crippen LogP contribution >= 0.6 is 0 Å². The number of aliphatic hydroxyl groups excluding tert-OH is 1. The quantitative estimate of drug-likeness (QED) is 0.0373. The van der Waals surface area contributed by atoms with E-state index in [1.807, 2.05) is 0 Å². The standard InChI is InChI=1S/C85H158O5/c1-3-5-7-9-11-13-15-17-19-21-23-25-27-29-31-33-35-37-39-40-41-42-43-44-46-47-49-51-53-55-57-59-61-63-65-67-69-71-73-75-77-79-84(87)89-82-83(81-86)90-85(88)80-78-76-74-72-70-68-66-64-62-60-58-56-54-52-50-48-45-38-36-34-32-30-28-26-24-22-20-18-16-14-12-10-8-6-4-2/h6,8,12,14,18,20-21,23-24,26,83,86H,3-5,7,9-11,13,15-17,19,22,25,27-82H2,1-2H3/b8-6-,14-12-,20-18-,23-21-,26-24-. The fraction of sp³-hybridized carbons (Fsp3) is 0.859. The molecule has 0 saturated heterocycles. The van der Waals surface area contributed by atoms with Crippen LogP contribution in [0.2, 0.25) is 0 Å². The van der Waals surface area contributed by atoms with E-state index in [0.717, 1.165) is 57.8 Å². The Labute approximate surface area is 563 Å². The summed E-state index contributed by atoms with van der Waals surface area (Å²) in [5.41, 5.74) is 0. The van der Waals surface area contributed by atoms with Gasteiger partial charge in [-0.1, -0.05) is 421 Å². The Balaban J connectivity index is 3.35. The van der Waals surface area contributed by atoms with Gasteiger partial charge in [-0.25, -0.2) is 0 Å². The van der Waals surface area contributed by atoms with E-state index in [1.54, 1.807) is 0 Å². The fourth-order valence-electron chi connectivity index (χ4n) is 12.7. The molecular formula is C85H158O5. The van der Waals surface area contributed by atoms with E-state index < -0.39 is 6.10 Å². The summed E-state index contributed by atoms with van der Waals surface area (Å²) in [6.07, 6.45) is 112. The largest absolute Gasteiger partial charge is 0.462 e. The lowest BCUT2D eigenvalue weighted by molar-refractivity contribution is -0.161. The summed E-state index contributed by atoms with van der Waals surface area (Å²) < 4.78 is 10.8. The fourth-order valence-corrected chi connectivity index (χ4v) is 12.7. The lowest BCUT2D eigenvalue weighted by Gasteiger charge is -2.15. The van der Waals surface area contributed by atoms with Crippen molar-refractivity contribution in [2.75, 3.05) is 13.2 Å². The lowest BCUT2D eigenvalue weighted by atomic mass is 10.0. The molecule has 0 aromatic rings. The SMILES string of the molecule is CC/C=C\C/C=C\C/C=C\C/C=C\CCCCCCCCCCCCCCCCCCCCCCCCC(=O)OC(CO)COC(=O)CCCCCCCCCCCCCCCCCCCCCCCCCCCCCCC/C=C\CCCCCCCCCC. The summed E-state index contributed by atoms with van der Waals surface area (Å²) in [6.45, 7) is 4.09. The molecule has 0 aliphatic carbocycles. The minimum absolute atomic E-state index is 0.0594. The molecule has 0 aromatic heterocycles. The average Bonchev–Trinajstić information content (AvgIpc) is 3.58. The molecule has 5 heteroatoms. The lowest BCUT2D eigenvalue weighted by Crippen LogP contribution is -2.28. The van der Waals surface area contributed by atoms with Crippen molar-refractivity contribution in [3.05, 3.63) is 60.8 Å². The topological polar surface area (TPSA) is 72.8 Å². The predicted octanol–water partition coefficient (Wildman–Crippen LogP) is 28.8. The van der Waals surface area contributed by atoms with Gasteiger partial charge in [0.15, 0.2) is 6.10 Å². The molecule has 0 amide bonds. The Hall–Kier alpha value is -2.40. The molecule has 0 aromatic carbocycles. The van der Waals surface area contributed by atoms with Crippen molar-refractivity contribution in [3.8, 4) is 0 Å². The van der Waals surface area contributed by atoms with Crippen LogP contribution in [0.5, 0.6) is 0 Å². The number of esters is 2. The molecule has 528 valence electrons. The van der Waals surface area contributed by atoms with Crippen molar-refractivity contribution in [3.63, 3.8) is 0 Å². The van der Waals surface area contributed by atoms with Crippen molar-refractivity contribution >= 4 is 11.9 Å². The van der Waals surface area contributed by atoms with Gasteiger partial charge in [0.25, 0.3) is 0 Å². The molecule has 0 rings (SSSR count). The normalized spacial score (nSPS) is 12.4. The van der Waals surface area contributed by atoms with E-state index in [0.29, 0.717) is 12.8 Å². The summed E-state index contributed by atoms with van der Waals surface area (Å²) >= 11 is 0. The van der Waals surface area contributed by atoms with E-state index >= 15 is 0 Å². The third-order valence-corrected chi connectivity index (χ3v) is 18.8. The number of hydrogen-bond donors (Lipinski definition) is 1. The summed E-state index contributed by atoms with van der Waals surface area (Å²) in [7, 11) is 0. The van der Waals surface area contributed by atoms with Gasteiger partial charge in [-0.3, -0.25) is 9.59 Å². The highest BCUT2D eigenvalue weighted by molar-refractivity contribution is 5.70. The van der Waals surface area contributed by atoms with Gasteiger partial charge in [0, 0.05) is 12.8 Å². The van der Waals surface area contributed by atoms with Crippen LogP contribution < -0.4 is 0 Å². The van der Waals surface area contributed by atoms with E-state index in [9.17, 15) is 14.7 Å². The van der Waals surface area contributed by atoms with Crippen LogP contribution in [0.4, 0.5) is 0 Å². The first-order valence-electron chi connectivity index (χ1n) is 40.8. The van der Waals surface area contributed by atoms with Gasteiger partial charge in [-0.2, -0.15) is 0 Å². The first kappa shape index (κ1) is 87.6. The highest BCUT2D eigenvalue weighted by Gasteiger charge is 2.16. The van der Waals surface area contributed by atoms with E-state index in [1.165, 1.54) is 366 Å². The molecule has 0 saturated carbocycles. The second kappa shape index (κ2) is 80.8. The zero-order chi connectivity index (χ0) is 64.7. The number of unbranched alkanes of at least 4 members (excludes halogenated alkanes) is 59. The molecule has 5 nitrogen and oxygen atoms in total. The van der Waals surface area contributed by atoms with Gasteiger partial charge in [0.1, 0.15) is 6.61 Å². The molecule has 0 spiro atoms. The molecule has 0 bridgehead atoms. The molecule has 90 heavy (non-hydrogen) atoms. The van der Waals surface area contributed by atoms with Gasteiger partial charge in [0.2, 0.25) is 0 Å². The van der Waals surface area contributed by atoms with Crippen LogP contribution in [-0.2, 0) is 19.1 Å². The molecule has 0 aliphatic rings. The molecular weight excluding hydrogens is 1100 g/mol. The Bertz CT molecular complexity index is 1520. The number of carbonyl (C=O) groups excluding carboxylic acids is 2. The van der Waals surface area contributed by atoms with Crippen LogP contribution in [0.15, 0.2) is 60.8 Å². The van der Waals surface area contributed by atoms with Crippen LogP contribution in [0.25, 0.3) is 0 Å². The minimum Gasteiger partial charge on any atom is -0.462 e. The molecule has 0 radical (unpaired) electrons. The first-order chi connectivity index (χ1) is 44.6. The molecule has 0 heterocycles. The Kier molecular flexibility index (Phi) is 78.7. The van der Waals surface area contributed by atoms with Gasteiger partial charge in [0.05, 0.1) is 6.61 Å². The van der Waals surface area contributed by atoms with Crippen molar-refractivity contribution < 1.29 is 24.2 Å². The van der Waals surface area contributed by atoms with E-state index in [4.69, 9.17) is 9.47 Å². The second-order valence-electron chi connectivity index (χ2n) is 27.8. The maximum Gasteiger partial charge on any atom is 0.306 e. The second-order valence-corrected chi connectivity index (χ2v) is 27.8. The van der Waals surface area contributed by atoms with Crippen LogP contribution in [0.1, 0.15) is 450 Å². The number of aliphatic hydroxyl groups is 1. The molecule has 1 N–H and O–H groups in total. The molecule has 0 fully saturated rings. The summed E-state index contributed by atoms with van der Waals surface area (Å²) in [6, 6.07) is 0. The minimum atomic E-state index is -0.771. The van der Waals surface area contributed by atoms with Crippen LogP contribution in [0, 0.1) is 0 Å². The molecule has 1 unspecified atom stereocenters. The third kappa shape index (κ3) is 78.0. The Morgan fingerprint density at radius 1 is 0.267 bits per heavy atom. The highest BCUT2D eigenvalue weighted by Crippen LogP contribution is 2.20. The van der Waals surface area contributed by atoms with Crippen molar-refractivity contribution in [2.24, 2.45) is 0 Å². The van der Waals surface area contributed by atoms with Gasteiger partial charge in [-0.15, -0.1) is 0 Å². The monoisotopic (exact) mass is 1260 g/mol.